The summed E-state index contributed by atoms with van der Waals surface area (Å²) in [6, 6.07) is 21.6. The first-order chi connectivity index (χ1) is 15.3. The van der Waals surface area contributed by atoms with Gasteiger partial charge in [-0.2, -0.15) is 0 Å². The molecule has 5 unspecified atom stereocenters. The van der Waals surface area contributed by atoms with E-state index in [1.165, 1.54) is 10.4 Å². The predicted molar refractivity (Wildman–Crippen MR) is 131 cm³/mol. The van der Waals surface area contributed by atoms with Gasteiger partial charge in [-0.3, -0.25) is 0 Å². The van der Waals surface area contributed by atoms with Gasteiger partial charge in [0.1, 0.15) is 0 Å². The van der Waals surface area contributed by atoms with Gasteiger partial charge in [0, 0.05) is 12.5 Å². The first-order valence-corrected chi connectivity index (χ1v) is 13.9. The van der Waals surface area contributed by atoms with Crippen molar-refractivity contribution < 1.29 is 19.0 Å². The normalized spacial score (nSPS) is 28.8. The van der Waals surface area contributed by atoms with Crippen molar-refractivity contribution in [1.29, 1.82) is 0 Å². The van der Waals surface area contributed by atoms with Gasteiger partial charge in [0.2, 0.25) is 0 Å². The summed E-state index contributed by atoms with van der Waals surface area (Å²) in [5, 5.41) is 12.8. The predicted octanol–water partition coefficient (Wildman–Crippen LogP) is 3.90. The summed E-state index contributed by atoms with van der Waals surface area (Å²) in [7, 11) is -2.51. The minimum Gasteiger partial charge on any atom is -0.407 e. The van der Waals surface area contributed by atoms with Crippen LogP contribution >= 0.6 is 0 Å². The van der Waals surface area contributed by atoms with E-state index in [0.29, 0.717) is 13.2 Å². The van der Waals surface area contributed by atoms with Crippen molar-refractivity contribution in [2.24, 2.45) is 5.92 Å². The Labute approximate surface area is 194 Å². The zero-order valence-corrected chi connectivity index (χ0v) is 20.9. The average Bonchev–Trinajstić information content (AvgIpc) is 2.80. The fraction of sp³-hybridized carbons (Fsp3) is 0.556. The molecular formula is C27H38O4Si. The molecule has 4 nitrogen and oxygen atoms in total. The number of aliphatic hydroxyl groups excluding tert-OH is 1. The largest absolute Gasteiger partial charge is 0.407 e. The number of rotatable bonds is 6. The van der Waals surface area contributed by atoms with Crippen molar-refractivity contribution in [2.75, 3.05) is 13.2 Å². The maximum atomic E-state index is 10.2. The van der Waals surface area contributed by atoms with Crippen LogP contribution < -0.4 is 10.4 Å². The van der Waals surface area contributed by atoms with Crippen LogP contribution in [0.25, 0.3) is 0 Å². The lowest BCUT2D eigenvalue weighted by Crippen LogP contribution is -2.66. The van der Waals surface area contributed by atoms with Crippen molar-refractivity contribution in [1.82, 2.24) is 0 Å². The van der Waals surface area contributed by atoms with Crippen LogP contribution in [0.1, 0.15) is 47.0 Å². The molecular weight excluding hydrogens is 416 g/mol. The lowest BCUT2D eigenvalue weighted by atomic mass is 9.86. The molecule has 2 aliphatic heterocycles. The summed E-state index contributed by atoms with van der Waals surface area (Å²) in [5.74, 6) is 0.106. The zero-order valence-electron chi connectivity index (χ0n) is 19.9. The van der Waals surface area contributed by atoms with Crippen molar-refractivity contribution >= 4 is 18.7 Å². The van der Waals surface area contributed by atoms with E-state index in [4.69, 9.17) is 13.9 Å². The van der Waals surface area contributed by atoms with Gasteiger partial charge in [0.15, 0.2) is 0 Å². The van der Waals surface area contributed by atoms with Crippen LogP contribution in [0.2, 0.25) is 5.04 Å². The van der Waals surface area contributed by atoms with E-state index < -0.39 is 14.4 Å². The smallest absolute Gasteiger partial charge is 0.261 e. The molecule has 2 aromatic rings. The van der Waals surface area contributed by atoms with Gasteiger partial charge in [0.05, 0.1) is 31.0 Å². The summed E-state index contributed by atoms with van der Waals surface area (Å²) in [6.45, 7) is 10.1. The van der Waals surface area contributed by atoms with Crippen molar-refractivity contribution in [3.63, 3.8) is 0 Å². The number of aliphatic hydroxyl groups is 1. The second-order valence-electron chi connectivity index (χ2n) is 10.4. The molecule has 1 N–H and O–H groups in total. The minimum atomic E-state index is -2.51. The molecule has 0 radical (unpaired) electrons. The molecule has 0 amide bonds. The van der Waals surface area contributed by atoms with Gasteiger partial charge in [-0.15, -0.1) is 0 Å². The maximum Gasteiger partial charge on any atom is 0.261 e. The van der Waals surface area contributed by atoms with Crippen molar-refractivity contribution in [2.45, 2.75) is 76.4 Å². The summed E-state index contributed by atoms with van der Waals surface area (Å²) in [4.78, 5) is 0. The highest BCUT2D eigenvalue weighted by atomic mass is 28.4. The third-order valence-electron chi connectivity index (χ3n) is 7.27. The molecule has 2 aliphatic rings. The highest BCUT2D eigenvalue weighted by molar-refractivity contribution is 6.99. The Morgan fingerprint density at radius 3 is 2.12 bits per heavy atom. The van der Waals surface area contributed by atoms with Crippen LogP contribution in [0.15, 0.2) is 60.7 Å². The van der Waals surface area contributed by atoms with Gasteiger partial charge in [-0.25, -0.2) is 0 Å². The Balaban J connectivity index is 1.53. The van der Waals surface area contributed by atoms with Crippen LogP contribution in [-0.4, -0.2) is 51.1 Å². The van der Waals surface area contributed by atoms with Gasteiger partial charge in [-0.1, -0.05) is 88.4 Å². The second kappa shape index (κ2) is 9.78. The number of ether oxygens (including phenoxy) is 2. The molecule has 2 saturated heterocycles. The van der Waals surface area contributed by atoms with Crippen LogP contribution in [0.4, 0.5) is 0 Å². The molecule has 5 heteroatoms. The number of fused-ring (bicyclic) bond motifs is 1. The maximum absolute atomic E-state index is 10.2. The highest BCUT2D eigenvalue weighted by Gasteiger charge is 2.50. The van der Waals surface area contributed by atoms with Gasteiger partial charge >= 0.3 is 0 Å². The molecule has 32 heavy (non-hydrogen) atoms. The molecule has 0 bridgehead atoms. The number of hydrogen-bond donors (Lipinski definition) is 1. The molecule has 5 atom stereocenters. The number of benzene rings is 2. The van der Waals surface area contributed by atoms with Crippen molar-refractivity contribution in [3.8, 4) is 0 Å². The molecule has 0 aromatic heterocycles. The van der Waals surface area contributed by atoms with Crippen molar-refractivity contribution in [3.05, 3.63) is 60.7 Å². The third kappa shape index (κ3) is 4.59. The van der Waals surface area contributed by atoms with E-state index >= 15 is 0 Å². The standard InChI is InChI=1S/C27H38O4Si/c1-20-24(28)19-29-25-16-15-21(31-26(20)25)17-18-30-32(27(2,3)4,22-11-7-5-8-12-22)23-13-9-6-10-14-23/h5-14,20-21,24-26,28H,15-19H2,1-4H3. The summed E-state index contributed by atoms with van der Waals surface area (Å²) in [6.07, 6.45) is 2.62. The van der Waals surface area contributed by atoms with Gasteiger partial charge in [-0.05, 0) is 34.7 Å². The quantitative estimate of drug-likeness (QED) is 0.673. The van der Waals surface area contributed by atoms with Crippen LogP contribution in [-0.2, 0) is 13.9 Å². The fourth-order valence-electron chi connectivity index (χ4n) is 5.44. The molecule has 0 saturated carbocycles. The molecule has 2 fully saturated rings. The highest BCUT2D eigenvalue weighted by Crippen LogP contribution is 2.38. The van der Waals surface area contributed by atoms with Crippen LogP contribution in [0.5, 0.6) is 0 Å². The van der Waals surface area contributed by atoms with Crippen LogP contribution in [0, 0.1) is 5.92 Å². The van der Waals surface area contributed by atoms with E-state index in [0.717, 1.165) is 19.3 Å². The molecule has 174 valence electrons. The molecule has 0 spiro atoms. The van der Waals surface area contributed by atoms with E-state index in [9.17, 15) is 5.11 Å². The molecule has 2 heterocycles. The summed E-state index contributed by atoms with van der Waals surface area (Å²) < 4.78 is 19.3. The number of hydrogen-bond acceptors (Lipinski definition) is 4. The molecule has 2 aromatic carbocycles. The molecule has 4 rings (SSSR count). The Bertz CT molecular complexity index is 809. The second-order valence-corrected chi connectivity index (χ2v) is 14.7. The van der Waals surface area contributed by atoms with Crippen LogP contribution in [0.3, 0.4) is 0 Å². The van der Waals surface area contributed by atoms with E-state index in [2.05, 4.69) is 88.4 Å². The topological polar surface area (TPSA) is 47.9 Å². The Morgan fingerprint density at radius 2 is 1.56 bits per heavy atom. The first kappa shape index (κ1) is 23.6. The minimum absolute atomic E-state index is 0.0228. The average molecular weight is 455 g/mol. The Morgan fingerprint density at radius 1 is 0.969 bits per heavy atom. The van der Waals surface area contributed by atoms with E-state index in [1.54, 1.807) is 0 Å². The van der Waals surface area contributed by atoms with Gasteiger partial charge in [0.25, 0.3) is 8.32 Å². The van der Waals surface area contributed by atoms with E-state index in [-0.39, 0.29) is 29.3 Å². The lowest BCUT2D eigenvalue weighted by Gasteiger charge is -2.45. The Hall–Kier alpha value is -1.50. The lowest BCUT2D eigenvalue weighted by molar-refractivity contribution is -0.216. The summed E-state index contributed by atoms with van der Waals surface area (Å²) in [5.41, 5.74) is 0. The SMILES string of the molecule is CC1C(O)COC2CCC(CCO[Si](c3ccccc3)(c3ccccc3)C(C)(C)C)OC21. The third-order valence-corrected chi connectivity index (χ3v) is 12.3. The Kier molecular flexibility index (Phi) is 7.23. The first-order valence-electron chi connectivity index (χ1n) is 12.0. The fourth-order valence-corrected chi connectivity index (χ4v) is 10.0. The monoisotopic (exact) mass is 454 g/mol. The zero-order chi connectivity index (χ0) is 22.8. The summed E-state index contributed by atoms with van der Waals surface area (Å²) >= 11 is 0. The van der Waals surface area contributed by atoms with E-state index in [1.807, 2.05) is 0 Å². The van der Waals surface area contributed by atoms with Gasteiger partial charge < -0.3 is 19.0 Å². The molecule has 0 aliphatic carbocycles.